The Morgan fingerprint density at radius 3 is 2.26 bits per heavy atom. The first-order valence-corrected chi connectivity index (χ1v) is 15.1. The summed E-state index contributed by atoms with van der Waals surface area (Å²) in [7, 11) is 3.08. The third kappa shape index (κ3) is 7.24. The number of rotatable bonds is 11. The third-order valence-corrected chi connectivity index (χ3v) is 7.63. The highest BCUT2D eigenvalue weighted by Crippen LogP contribution is 2.36. The molecule has 238 valence electrons. The average molecular weight is 665 g/mol. The van der Waals surface area contributed by atoms with Crippen molar-refractivity contribution < 1.29 is 23.9 Å². The van der Waals surface area contributed by atoms with Crippen molar-refractivity contribution in [1.82, 2.24) is 9.97 Å². The molecule has 0 aliphatic carbocycles. The van der Waals surface area contributed by atoms with E-state index in [1.807, 2.05) is 31.2 Å². The molecule has 14 heteroatoms. The van der Waals surface area contributed by atoms with Gasteiger partial charge in [0.2, 0.25) is 17.8 Å². The molecule has 2 heterocycles. The standard InChI is InChI=1S/C32H31Cl2N7O5/c1-19-5-4-6-26(37-28(43)15-34)29(19)38-31-35-16-21-18-40(23-11-24(45-2)13-25(12-23)46-3)32(44)41(30(21)39-31)17-20-7-9-22(10-8-20)36-27(42)14-33/h4-13,16H,14-15,17-18H2,1-3H3,(H,36,42)(H,37,43)(H,35,38,39). The summed E-state index contributed by atoms with van der Waals surface area (Å²) in [4.78, 5) is 50.5. The third-order valence-electron chi connectivity index (χ3n) is 7.14. The molecular formula is C32H31Cl2N7O5. The molecule has 0 saturated carbocycles. The van der Waals surface area contributed by atoms with E-state index < -0.39 is 0 Å². The number of amides is 4. The molecule has 4 aromatic rings. The van der Waals surface area contributed by atoms with Gasteiger partial charge in [-0.05, 0) is 36.2 Å². The van der Waals surface area contributed by atoms with Gasteiger partial charge in [-0.15, -0.1) is 23.2 Å². The number of carbonyl (C=O) groups excluding carboxylic acids is 3. The number of anilines is 6. The fraction of sp³-hybridized carbons (Fsp3) is 0.219. The van der Waals surface area contributed by atoms with Crippen LogP contribution >= 0.6 is 23.2 Å². The zero-order valence-electron chi connectivity index (χ0n) is 25.3. The van der Waals surface area contributed by atoms with Gasteiger partial charge in [0, 0.05) is 35.6 Å². The highest BCUT2D eigenvalue weighted by atomic mass is 35.5. The number of para-hydroxylation sites is 1. The number of hydrogen-bond donors (Lipinski definition) is 3. The van der Waals surface area contributed by atoms with E-state index in [0.717, 1.165) is 11.1 Å². The number of hydrogen-bond acceptors (Lipinski definition) is 8. The number of methoxy groups -OCH3 is 2. The minimum Gasteiger partial charge on any atom is -0.497 e. The van der Waals surface area contributed by atoms with E-state index in [4.69, 9.17) is 37.7 Å². The van der Waals surface area contributed by atoms with Crippen LogP contribution < -0.4 is 35.2 Å². The molecule has 0 fully saturated rings. The predicted molar refractivity (Wildman–Crippen MR) is 179 cm³/mol. The van der Waals surface area contributed by atoms with Crippen LogP contribution in [0.25, 0.3) is 0 Å². The van der Waals surface area contributed by atoms with E-state index in [9.17, 15) is 14.4 Å². The summed E-state index contributed by atoms with van der Waals surface area (Å²) in [6.45, 7) is 2.23. The Hall–Kier alpha value is -5.07. The highest BCUT2D eigenvalue weighted by molar-refractivity contribution is 6.29. The lowest BCUT2D eigenvalue weighted by Gasteiger charge is -2.36. The number of benzene rings is 3. The van der Waals surface area contributed by atoms with Crippen molar-refractivity contribution >= 4 is 75.6 Å². The first-order valence-electron chi connectivity index (χ1n) is 14.1. The van der Waals surface area contributed by atoms with Crippen LogP contribution in [0.2, 0.25) is 0 Å². The van der Waals surface area contributed by atoms with Crippen LogP contribution in [0.1, 0.15) is 16.7 Å². The van der Waals surface area contributed by atoms with E-state index in [1.54, 1.807) is 66.6 Å². The summed E-state index contributed by atoms with van der Waals surface area (Å²) >= 11 is 11.3. The van der Waals surface area contributed by atoms with Gasteiger partial charge in [-0.25, -0.2) is 9.78 Å². The quantitative estimate of drug-likeness (QED) is 0.165. The van der Waals surface area contributed by atoms with Gasteiger partial charge in [-0.2, -0.15) is 4.98 Å². The molecule has 0 unspecified atom stereocenters. The molecule has 3 aromatic carbocycles. The lowest BCUT2D eigenvalue weighted by molar-refractivity contribution is -0.114. The minimum atomic E-state index is -0.360. The summed E-state index contributed by atoms with van der Waals surface area (Å²) in [6.07, 6.45) is 1.66. The molecule has 46 heavy (non-hydrogen) atoms. The summed E-state index contributed by atoms with van der Waals surface area (Å²) in [5.41, 5.74) is 4.56. The predicted octanol–water partition coefficient (Wildman–Crippen LogP) is 6.05. The number of alkyl halides is 2. The summed E-state index contributed by atoms with van der Waals surface area (Å²) < 4.78 is 10.9. The van der Waals surface area contributed by atoms with E-state index >= 15 is 0 Å². The summed E-state index contributed by atoms with van der Waals surface area (Å²) in [5.74, 6) is 0.646. The second kappa shape index (κ2) is 14.4. The number of fused-ring (bicyclic) bond motifs is 1. The van der Waals surface area contributed by atoms with Gasteiger partial charge in [0.15, 0.2) is 0 Å². The molecule has 0 bridgehead atoms. The zero-order valence-corrected chi connectivity index (χ0v) is 26.8. The molecule has 1 aliphatic rings. The van der Waals surface area contributed by atoms with Gasteiger partial charge >= 0.3 is 6.03 Å². The van der Waals surface area contributed by atoms with Gasteiger partial charge in [0.05, 0.1) is 44.4 Å². The Balaban J connectivity index is 1.53. The Bertz CT molecular complexity index is 1750. The van der Waals surface area contributed by atoms with Crippen molar-refractivity contribution in [3.8, 4) is 11.5 Å². The fourth-order valence-electron chi connectivity index (χ4n) is 4.87. The molecular weight excluding hydrogens is 633 g/mol. The molecule has 3 N–H and O–H groups in total. The molecule has 1 aliphatic heterocycles. The van der Waals surface area contributed by atoms with Gasteiger partial charge in [0.25, 0.3) is 0 Å². The second-order valence-electron chi connectivity index (χ2n) is 10.3. The number of carbonyl (C=O) groups is 3. The van der Waals surface area contributed by atoms with E-state index in [-0.39, 0.29) is 48.6 Å². The Kier molecular flexibility index (Phi) is 10.1. The van der Waals surface area contributed by atoms with Crippen molar-refractivity contribution in [2.24, 2.45) is 0 Å². The van der Waals surface area contributed by atoms with Gasteiger partial charge in [-0.1, -0.05) is 24.3 Å². The Morgan fingerprint density at radius 1 is 0.935 bits per heavy atom. The molecule has 0 spiro atoms. The molecule has 5 rings (SSSR count). The number of aryl methyl sites for hydroxylation is 1. The lowest BCUT2D eigenvalue weighted by Crippen LogP contribution is -2.47. The molecule has 1 aromatic heterocycles. The van der Waals surface area contributed by atoms with Crippen LogP contribution in [0.3, 0.4) is 0 Å². The molecule has 12 nitrogen and oxygen atoms in total. The molecule has 0 atom stereocenters. The van der Waals surface area contributed by atoms with Crippen molar-refractivity contribution in [3.63, 3.8) is 0 Å². The van der Waals surface area contributed by atoms with Crippen molar-refractivity contribution in [2.45, 2.75) is 20.0 Å². The maximum Gasteiger partial charge on any atom is 0.330 e. The highest BCUT2D eigenvalue weighted by Gasteiger charge is 2.34. The molecule has 4 amide bonds. The van der Waals surface area contributed by atoms with Crippen LogP contribution in [0.4, 0.5) is 39.3 Å². The van der Waals surface area contributed by atoms with Crippen LogP contribution in [-0.2, 0) is 22.7 Å². The Morgan fingerprint density at radius 2 is 1.61 bits per heavy atom. The van der Waals surface area contributed by atoms with Gasteiger partial charge in [0.1, 0.15) is 29.1 Å². The average Bonchev–Trinajstić information content (AvgIpc) is 3.07. The fourth-order valence-corrected chi connectivity index (χ4v) is 5.01. The monoisotopic (exact) mass is 663 g/mol. The topological polar surface area (TPSA) is 138 Å². The number of halogens is 2. The number of aromatic nitrogens is 2. The van der Waals surface area contributed by atoms with E-state index in [2.05, 4.69) is 20.9 Å². The van der Waals surface area contributed by atoms with Crippen LogP contribution in [0.5, 0.6) is 11.5 Å². The van der Waals surface area contributed by atoms with E-state index in [0.29, 0.717) is 45.6 Å². The van der Waals surface area contributed by atoms with Crippen LogP contribution in [-0.4, -0.2) is 53.8 Å². The maximum atomic E-state index is 14.2. The first-order chi connectivity index (χ1) is 22.2. The Labute approximate surface area is 275 Å². The van der Waals surface area contributed by atoms with Crippen molar-refractivity contribution in [3.05, 3.63) is 83.6 Å². The number of urea groups is 1. The van der Waals surface area contributed by atoms with Gasteiger partial charge < -0.3 is 25.4 Å². The normalized spacial score (nSPS) is 12.3. The molecule has 0 saturated heterocycles. The first kappa shape index (κ1) is 32.3. The van der Waals surface area contributed by atoms with Crippen molar-refractivity contribution in [1.29, 1.82) is 0 Å². The van der Waals surface area contributed by atoms with Crippen LogP contribution in [0, 0.1) is 6.92 Å². The summed E-state index contributed by atoms with van der Waals surface area (Å²) in [6, 6.07) is 17.4. The minimum absolute atomic E-state index is 0.158. The number of nitrogens with zero attached hydrogens (tertiary/aromatic N) is 4. The van der Waals surface area contributed by atoms with Gasteiger partial charge in [-0.3, -0.25) is 19.4 Å². The second-order valence-corrected chi connectivity index (χ2v) is 10.8. The van der Waals surface area contributed by atoms with Crippen molar-refractivity contribution in [2.75, 3.05) is 51.7 Å². The van der Waals surface area contributed by atoms with Crippen LogP contribution in [0.15, 0.2) is 66.9 Å². The smallest absolute Gasteiger partial charge is 0.330 e. The van der Waals surface area contributed by atoms with E-state index in [1.165, 1.54) is 0 Å². The maximum absolute atomic E-state index is 14.2. The lowest BCUT2D eigenvalue weighted by atomic mass is 10.1. The molecule has 0 radical (unpaired) electrons. The number of nitrogens with one attached hydrogen (secondary N) is 3. The largest absolute Gasteiger partial charge is 0.497 e. The number of ether oxygens (including phenoxy) is 2. The summed E-state index contributed by atoms with van der Waals surface area (Å²) in [5, 5.41) is 8.70. The SMILES string of the molecule is COc1cc(OC)cc(N2Cc3cnc(Nc4c(C)cccc4NC(=O)CCl)nc3N(Cc3ccc(NC(=O)CCl)cc3)C2=O)c1. The zero-order chi connectivity index (χ0) is 32.8.